The second kappa shape index (κ2) is 6.05. The van der Waals surface area contributed by atoms with Gasteiger partial charge in [-0.2, -0.15) is 0 Å². The normalized spacial score (nSPS) is 17.6. The van der Waals surface area contributed by atoms with E-state index < -0.39 is 0 Å². The van der Waals surface area contributed by atoms with Crippen molar-refractivity contribution in [1.82, 2.24) is 5.32 Å². The Bertz CT molecular complexity index is 171. The molecule has 1 saturated carbocycles. The third kappa shape index (κ3) is 4.64. The maximum atomic E-state index is 11.5. The average Bonchev–Trinajstić information content (AvgIpc) is 2.56. The van der Waals surface area contributed by atoms with Crippen LogP contribution in [0, 0.1) is 11.8 Å². The van der Waals surface area contributed by atoms with Crippen molar-refractivity contribution in [1.29, 1.82) is 0 Å². The van der Waals surface area contributed by atoms with Crippen LogP contribution in [0.3, 0.4) is 0 Å². The van der Waals surface area contributed by atoms with E-state index in [0.29, 0.717) is 11.8 Å². The van der Waals surface area contributed by atoms with E-state index in [4.69, 9.17) is 0 Å². The lowest BCUT2D eigenvalue weighted by atomic mass is 10.0. The van der Waals surface area contributed by atoms with Crippen molar-refractivity contribution in [2.75, 3.05) is 6.54 Å². The topological polar surface area (TPSA) is 29.1 Å². The van der Waals surface area contributed by atoms with Crippen molar-refractivity contribution < 1.29 is 4.79 Å². The Balaban J connectivity index is 2.03. The summed E-state index contributed by atoms with van der Waals surface area (Å²) in [5, 5.41) is 3.00. The molecule has 0 radical (unpaired) electrons. The molecule has 14 heavy (non-hydrogen) atoms. The molecule has 0 spiro atoms. The maximum absolute atomic E-state index is 11.5. The van der Waals surface area contributed by atoms with Crippen LogP contribution >= 0.6 is 0 Å². The SMILES string of the molecule is CC(C)CCNC(=O)CC1CCCC1. The molecule has 0 aromatic rings. The van der Waals surface area contributed by atoms with Crippen LogP contribution in [0.4, 0.5) is 0 Å². The summed E-state index contributed by atoms with van der Waals surface area (Å²) in [4.78, 5) is 11.5. The van der Waals surface area contributed by atoms with Gasteiger partial charge < -0.3 is 5.32 Å². The van der Waals surface area contributed by atoms with E-state index in [0.717, 1.165) is 19.4 Å². The van der Waals surface area contributed by atoms with E-state index in [9.17, 15) is 4.79 Å². The molecule has 1 aliphatic rings. The molecule has 0 heterocycles. The van der Waals surface area contributed by atoms with Gasteiger partial charge in [0.25, 0.3) is 0 Å². The molecular weight excluding hydrogens is 174 g/mol. The maximum Gasteiger partial charge on any atom is 0.220 e. The Morgan fingerprint density at radius 3 is 2.57 bits per heavy atom. The standard InChI is InChI=1S/C12H23NO/c1-10(2)7-8-13-12(14)9-11-5-3-4-6-11/h10-11H,3-9H2,1-2H3,(H,13,14). The predicted molar refractivity (Wildman–Crippen MR) is 59.0 cm³/mol. The molecule has 1 rings (SSSR count). The highest BCUT2D eigenvalue weighted by Gasteiger charge is 2.17. The lowest BCUT2D eigenvalue weighted by Gasteiger charge is -2.10. The second-order valence-corrected chi connectivity index (χ2v) is 4.89. The first kappa shape index (κ1) is 11.5. The minimum absolute atomic E-state index is 0.262. The van der Waals surface area contributed by atoms with Crippen LogP contribution in [0.25, 0.3) is 0 Å². The Labute approximate surface area is 87.5 Å². The molecule has 0 atom stereocenters. The van der Waals surface area contributed by atoms with Crippen LogP contribution in [0.15, 0.2) is 0 Å². The summed E-state index contributed by atoms with van der Waals surface area (Å²) in [6.07, 6.45) is 7.03. The molecule has 0 bridgehead atoms. The number of nitrogens with one attached hydrogen (secondary N) is 1. The fourth-order valence-electron chi connectivity index (χ4n) is 2.05. The van der Waals surface area contributed by atoms with E-state index >= 15 is 0 Å². The fourth-order valence-corrected chi connectivity index (χ4v) is 2.05. The number of rotatable bonds is 5. The van der Waals surface area contributed by atoms with Gasteiger partial charge in [-0.15, -0.1) is 0 Å². The predicted octanol–water partition coefficient (Wildman–Crippen LogP) is 2.73. The van der Waals surface area contributed by atoms with Gasteiger partial charge in [-0.05, 0) is 31.1 Å². The Hall–Kier alpha value is -0.530. The molecule has 1 aliphatic carbocycles. The van der Waals surface area contributed by atoms with Gasteiger partial charge in [0.1, 0.15) is 0 Å². The largest absolute Gasteiger partial charge is 0.356 e. The Morgan fingerprint density at radius 2 is 2.00 bits per heavy atom. The number of amides is 1. The van der Waals surface area contributed by atoms with Crippen molar-refractivity contribution in [2.24, 2.45) is 11.8 Å². The Morgan fingerprint density at radius 1 is 1.36 bits per heavy atom. The molecule has 1 N–H and O–H groups in total. The first-order valence-electron chi connectivity index (χ1n) is 5.95. The van der Waals surface area contributed by atoms with E-state index in [1.165, 1.54) is 25.7 Å². The molecule has 82 valence electrons. The summed E-state index contributed by atoms with van der Waals surface area (Å²) in [6, 6.07) is 0. The first-order chi connectivity index (χ1) is 6.68. The first-order valence-corrected chi connectivity index (χ1v) is 5.95. The van der Waals surface area contributed by atoms with Crippen molar-refractivity contribution in [3.8, 4) is 0 Å². The van der Waals surface area contributed by atoms with Gasteiger partial charge in [0, 0.05) is 13.0 Å². The molecule has 1 fully saturated rings. The highest BCUT2D eigenvalue weighted by atomic mass is 16.1. The van der Waals surface area contributed by atoms with Crippen LogP contribution in [-0.4, -0.2) is 12.5 Å². The van der Waals surface area contributed by atoms with Crippen LogP contribution in [0.1, 0.15) is 52.4 Å². The summed E-state index contributed by atoms with van der Waals surface area (Å²) in [6.45, 7) is 5.22. The van der Waals surface area contributed by atoms with Crippen LogP contribution in [0.5, 0.6) is 0 Å². The molecule has 0 saturated heterocycles. The molecule has 2 heteroatoms. The van der Waals surface area contributed by atoms with Gasteiger partial charge in [-0.3, -0.25) is 4.79 Å². The van der Waals surface area contributed by atoms with Gasteiger partial charge in [0.15, 0.2) is 0 Å². The second-order valence-electron chi connectivity index (χ2n) is 4.89. The third-order valence-electron chi connectivity index (χ3n) is 2.99. The number of carbonyl (C=O) groups excluding carboxylic acids is 1. The lowest BCUT2D eigenvalue weighted by Crippen LogP contribution is -2.26. The van der Waals surface area contributed by atoms with Crippen molar-refractivity contribution in [3.05, 3.63) is 0 Å². The fraction of sp³-hybridized carbons (Fsp3) is 0.917. The Kier molecular flexibility index (Phi) is 4.99. The monoisotopic (exact) mass is 197 g/mol. The van der Waals surface area contributed by atoms with Crippen LogP contribution in [-0.2, 0) is 4.79 Å². The smallest absolute Gasteiger partial charge is 0.220 e. The van der Waals surface area contributed by atoms with Crippen LogP contribution in [0.2, 0.25) is 0 Å². The summed E-state index contributed by atoms with van der Waals surface area (Å²) in [5.41, 5.74) is 0. The van der Waals surface area contributed by atoms with Gasteiger partial charge in [0.2, 0.25) is 5.91 Å². The zero-order valence-electron chi connectivity index (χ0n) is 9.51. The van der Waals surface area contributed by atoms with Gasteiger partial charge >= 0.3 is 0 Å². The highest BCUT2D eigenvalue weighted by Crippen LogP contribution is 2.27. The number of hydrogen-bond donors (Lipinski definition) is 1. The molecule has 0 unspecified atom stereocenters. The van der Waals surface area contributed by atoms with E-state index in [1.807, 2.05) is 0 Å². The zero-order chi connectivity index (χ0) is 10.4. The third-order valence-corrected chi connectivity index (χ3v) is 2.99. The average molecular weight is 197 g/mol. The highest BCUT2D eigenvalue weighted by molar-refractivity contribution is 5.76. The van der Waals surface area contributed by atoms with Crippen molar-refractivity contribution >= 4 is 5.91 Å². The quantitative estimate of drug-likeness (QED) is 0.721. The lowest BCUT2D eigenvalue weighted by molar-refractivity contribution is -0.122. The van der Waals surface area contributed by atoms with Gasteiger partial charge in [0.05, 0.1) is 0 Å². The number of hydrogen-bond acceptors (Lipinski definition) is 1. The molecule has 1 amide bonds. The van der Waals surface area contributed by atoms with E-state index in [-0.39, 0.29) is 5.91 Å². The van der Waals surface area contributed by atoms with Crippen molar-refractivity contribution in [3.63, 3.8) is 0 Å². The summed E-state index contributed by atoms with van der Waals surface area (Å²) in [5.74, 6) is 1.62. The van der Waals surface area contributed by atoms with Crippen LogP contribution < -0.4 is 5.32 Å². The molecule has 2 nitrogen and oxygen atoms in total. The summed E-state index contributed by atoms with van der Waals surface area (Å²) in [7, 11) is 0. The van der Waals surface area contributed by atoms with Gasteiger partial charge in [-0.25, -0.2) is 0 Å². The zero-order valence-corrected chi connectivity index (χ0v) is 9.51. The minimum Gasteiger partial charge on any atom is -0.356 e. The van der Waals surface area contributed by atoms with E-state index in [1.54, 1.807) is 0 Å². The number of carbonyl (C=O) groups is 1. The molecule has 0 aromatic heterocycles. The van der Waals surface area contributed by atoms with E-state index in [2.05, 4.69) is 19.2 Å². The van der Waals surface area contributed by atoms with Crippen molar-refractivity contribution in [2.45, 2.75) is 52.4 Å². The van der Waals surface area contributed by atoms with Gasteiger partial charge in [-0.1, -0.05) is 26.7 Å². The summed E-state index contributed by atoms with van der Waals surface area (Å²) < 4.78 is 0. The molecule has 0 aliphatic heterocycles. The molecule has 0 aromatic carbocycles. The molecular formula is C12H23NO. The minimum atomic E-state index is 0.262. The summed E-state index contributed by atoms with van der Waals surface area (Å²) >= 11 is 0.